The predicted molar refractivity (Wildman–Crippen MR) is 154 cm³/mol. The molecule has 43 heavy (non-hydrogen) atoms. The summed E-state index contributed by atoms with van der Waals surface area (Å²) in [4.78, 5) is 49.2. The fourth-order valence-electron chi connectivity index (χ4n) is 5.19. The van der Waals surface area contributed by atoms with Crippen molar-refractivity contribution in [3.63, 3.8) is 0 Å². The number of H-pyrrole nitrogens is 1. The van der Waals surface area contributed by atoms with Crippen LogP contribution >= 0.6 is 11.3 Å². The van der Waals surface area contributed by atoms with Crippen LogP contribution in [0, 0.1) is 0 Å². The average molecular weight is 605 g/mol. The van der Waals surface area contributed by atoms with Crippen LogP contribution in [-0.2, 0) is 12.6 Å². The number of pyridine rings is 1. The maximum Gasteiger partial charge on any atom is 0.416 e. The van der Waals surface area contributed by atoms with E-state index in [0.29, 0.717) is 11.4 Å². The molecule has 1 atom stereocenters. The maximum atomic E-state index is 13.7. The lowest BCUT2D eigenvalue weighted by Crippen LogP contribution is -2.46. The molecule has 1 aliphatic rings. The molecular formula is C31H23F3N4O4S. The molecule has 0 saturated carbocycles. The number of amides is 3. The van der Waals surface area contributed by atoms with Gasteiger partial charge in [0.25, 0.3) is 17.7 Å². The first kappa shape index (κ1) is 28.2. The molecule has 3 aromatic heterocycles. The van der Waals surface area contributed by atoms with Crippen molar-refractivity contribution in [2.24, 2.45) is 0 Å². The van der Waals surface area contributed by atoms with Crippen LogP contribution < -0.4 is 10.1 Å². The van der Waals surface area contributed by atoms with E-state index in [-0.39, 0.29) is 34.5 Å². The van der Waals surface area contributed by atoms with Crippen molar-refractivity contribution in [1.82, 2.24) is 20.2 Å². The van der Waals surface area contributed by atoms with E-state index >= 15 is 0 Å². The number of alkyl halides is 3. The Morgan fingerprint density at radius 3 is 2.47 bits per heavy atom. The lowest BCUT2D eigenvalue weighted by atomic mass is 10.0. The van der Waals surface area contributed by atoms with Crippen molar-refractivity contribution in [1.29, 1.82) is 0 Å². The van der Waals surface area contributed by atoms with Crippen molar-refractivity contribution < 1.29 is 32.3 Å². The number of aromatic nitrogens is 2. The van der Waals surface area contributed by atoms with Crippen LogP contribution in [0.1, 0.15) is 41.5 Å². The summed E-state index contributed by atoms with van der Waals surface area (Å²) in [5.41, 5.74) is 1.42. The van der Waals surface area contributed by atoms with Gasteiger partial charge in [-0.1, -0.05) is 30.3 Å². The summed E-state index contributed by atoms with van der Waals surface area (Å²) in [6.45, 7) is -0.247. The molecule has 1 aliphatic heterocycles. The van der Waals surface area contributed by atoms with E-state index < -0.39 is 35.5 Å². The summed E-state index contributed by atoms with van der Waals surface area (Å²) in [6, 6.07) is 15.6. The Morgan fingerprint density at radius 1 is 1.02 bits per heavy atom. The number of carbonyl (C=O) groups is 3. The fourth-order valence-corrected chi connectivity index (χ4v) is 6.26. The van der Waals surface area contributed by atoms with Gasteiger partial charge in [0.05, 0.1) is 29.8 Å². The monoisotopic (exact) mass is 604 g/mol. The average Bonchev–Trinajstić information content (AvgIpc) is 3.71. The van der Waals surface area contributed by atoms with E-state index in [1.165, 1.54) is 42.7 Å². The molecule has 6 rings (SSSR count). The SMILES string of the molecule is COc1cc(-c2ccnc3[nH]ccc23)sc1C(=O)N[C@@H](Cc1cccc(C(F)(F)F)c1)CN1C(=O)c2ccccc2C1=O. The van der Waals surface area contributed by atoms with Gasteiger partial charge in [-0.3, -0.25) is 19.3 Å². The molecule has 3 amide bonds. The van der Waals surface area contributed by atoms with Crippen LogP contribution in [0.5, 0.6) is 5.75 Å². The first-order valence-electron chi connectivity index (χ1n) is 13.2. The third kappa shape index (κ3) is 5.37. The van der Waals surface area contributed by atoms with Gasteiger partial charge in [-0.2, -0.15) is 13.2 Å². The van der Waals surface area contributed by atoms with E-state index in [9.17, 15) is 27.6 Å². The molecular weight excluding hydrogens is 581 g/mol. The van der Waals surface area contributed by atoms with Crippen LogP contribution in [0.4, 0.5) is 13.2 Å². The first-order chi connectivity index (χ1) is 20.6. The molecule has 0 spiro atoms. The van der Waals surface area contributed by atoms with Gasteiger partial charge in [-0.25, -0.2) is 4.98 Å². The summed E-state index contributed by atoms with van der Waals surface area (Å²) in [6.07, 6.45) is -1.22. The van der Waals surface area contributed by atoms with Crippen molar-refractivity contribution in [3.05, 3.63) is 106 Å². The minimum Gasteiger partial charge on any atom is -0.495 e. The number of methoxy groups -OCH3 is 1. The summed E-state index contributed by atoms with van der Waals surface area (Å²) in [5.74, 6) is -1.32. The minimum atomic E-state index is -4.56. The van der Waals surface area contributed by atoms with Gasteiger partial charge >= 0.3 is 6.18 Å². The first-order valence-corrected chi connectivity index (χ1v) is 14.0. The van der Waals surface area contributed by atoms with Crippen molar-refractivity contribution >= 4 is 40.1 Å². The maximum absolute atomic E-state index is 13.7. The Balaban J connectivity index is 1.32. The molecule has 0 saturated heterocycles. The molecule has 218 valence electrons. The zero-order chi connectivity index (χ0) is 30.3. The third-order valence-corrected chi connectivity index (χ3v) is 8.35. The lowest BCUT2D eigenvalue weighted by Gasteiger charge is -2.24. The predicted octanol–water partition coefficient (Wildman–Crippen LogP) is 5.96. The second kappa shape index (κ2) is 11.0. The van der Waals surface area contributed by atoms with Gasteiger partial charge in [0, 0.05) is 34.8 Å². The second-order valence-corrected chi connectivity index (χ2v) is 11.0. The van der Waals surface area contributed by atoms with E-state index in [1.807, 2.05) is 12.1 Å². The van der Waals surface area contributed by atoms with Crippen LogP contribution in [0.15, 0.2) is 79.1 Å². The van der Waals surface area contributed by atoms with Gasteiger partial charge in [0.1, 0.15) is 16.3 Å². The number of hydrogen-bond donors (Lipinski definition) is 2. The molecule has 0 bridgehead atoms. The Labute approximate surface area is 247 Å². The number of hydrogen-bond acceptors (Lipinski definition) is 6. The Hall–Kier alpha value is -4.97. The number of nitrogens with one attached hydrogen (secondary N) is 2. The number of halogens is 3. The topological polar surface area (TPSA) is 104 Å². The minimum absolute atomic E-state index is 0.0715. The lowest BCUT2D eigenvalue weighted by molar-refractivity contribution is -0.137. The molecule has 0 aliphatic carbocycles. The number of nitrogens with zero attached hydrogens (tertiary/aromatic N) is 2. The van der Waals surface area contributed by atoms with Crippen LogP contribution in [-0.4, -0.2) is 52.3 Å². The number of benzene rings is 2. The Bertz CT molecular complexity index is 1850. The molecule has 0 fully saturated rings. The molecule has 12 heteroatoms. The molecule has 4 heterocycles. The molecule has 8 nitrogen and oxygen atoms in total. The molecule has 0 radical (unpaired) electrons. The highest BCUT2D eigenvalue weighted by Crippen LogP contribution is 2.39. The summed E-state index contributed by atoms with van der Waals surface area (Å²) in [5, 5.41) is 3.71. The zero-order valence-electron chi connectivity index (χ0n) is 22.6. The van der Waals surface area contributed by atoms with Crippen LogP contribution in [0.3, 0.4) is 0 Å². The number of rotatable bonds is 8. The van der Waals surface area contributed by atoms with Gasteiger partial charge in [0.2, 0.25) is 0 Å². The van der Waals surface area contributed by atoms with Gasteiger partial charge in [0.15, 0.2) is 0 Å². The van der Waals surface area contributed by atoms with Crippen molar-refractivity contribution in [2.45, 2.75) is 18.6 Å². The summed E-state index contributed by atoms with van der Waals surface area (Å²) >= 11 is 1.18. The van der Waals surface area contributed by atoms with Crippen molar-refractivity contribution in [2.75, 3.05) is 13.7 Å². The highest BCUT2D eigenvalue weighted by molar-refractivity contribution is 7.17. The van der Waals surface area contributed by atoms with E-state index in [1.54, 1.807) is 30.6 Å². The van der Waals surface area contributed by atoms with E-state index in [0.717, 1.165) is 32.9 Å². The Morgan fingerprint density at radius 2 is 1.77 bits per heavy atom. The van der Waals surface area contributed by atoms with E-state index in [4.69, 9.17) is 4.74 Å². The van der Waals surface area contributed by atoms with E-state index in [2.05, 4.69) is 15.3 Å². The second-order valence-electron chi connectivity index (χ2n) is 9.95. The summed E-state index contributed by atoms with van der Waals surface area (Å²) < 4.78 is 45.8. The molecule has 5 aromatic rings. The number of aromatic amines is 1. The number of thiophene rings is 1. The number of imide groups is 1. The summed E-state index contributed by atoms with van der Waals surface area (Å²) in [7, 11) is 1.43. The standard InChI is InChI=1S/C31H23F3N4O4S/c1-42-24-15-25(20-9-11-35-27-21(20)10-12-36-27)43-26(24)28(39)37-19(14-17-5-4-6-18(13-17)31(32,33)34)16-38-29(40)22-7-2-3-8-23(22)30(38)41/h2-13,15,19H,14,16H2,1H3,(H,35,36)(H,37,39)/t19-/m0/s1. The Kier molecular flexibility index (Phi) is 7.22. The third-order valence-electron chi connectivity index (χ3n) is 7.20. The number of ether oxygens (including phenoxy) is 1. The highest BCUT2D eigenvalue weighted by atomic mass is 32.1. The van der Waals surface area contributed by atoms with Crippen LogP contribution in [0.25, 0.3) is 21.5 Å². The highest BCUT2D eigenvalue weighted by Gasteiger charge is 2.37. The zero-order valence-corrected chi connectivity index (χ0v) is 23.4. The molecule has 2 aromatic carbocycles. The molecule has 0 unspecified atom stereocenters. The quantitative estimate of drug-likeness (QED) is 0.213. The fraction of sp³-hybridized carbons (Fsp3) is 0.161. The largest absolute Gasteiger partial charge is 0.495 e. The number of carbonyl (C=O) groups excluding carboxylic acids is 3. The smallest absolute Gasteiger partial charge is 0.416 e. The molecule has 2 N–H and O–H groups in total. The normalized spacial score (nSPS) is 13.8. The van der Waals surface area contributed by atoms with Crippen LogP contribution in [0.2, 0.25) is 0 Å². The van der Waals surface area contributed by atoms with Crippen molar-refractivity contribution in [3.8, 4) is 16.2 Å². The van der Waals surface area contributed by atoms with Gasteiger partial charge < -0.3 is 15.0 Å². The van der Waals surface area contributed by atoms with Gasteiger partial charge in [-0.15, -0.1) is 11.3 Å². The van der Waals surface area contributed by atoms with Gasteiger partial charge in [-0.05, 0) is 48.4 Å². The number of fused-ring (bicyclic) bond motifs is 2.